The third-order valence-electron chi connectivity index (χ3n) is 2.52. The first-order chi connectivity index (χ1) is 5.38. The van der Waals surface area contributed by atoms with Crippen molar-refractivity contribution < 1.29 is 0 Å². The van der Waals surface area contributed by atoms with Crippen LogP contribution in [0.25, 0.3) is 0 Å². The Labute approximate surface area is 69.8 Å². The Bertz CT molecular complexity index is 93.7. The molecule has 0 heterocycles. The molecule has 0 bridgehead atoms. The molecule has 2 N–H and O–H groups in total. The molecule has 0 atom stereocenters. The van der Waals surface area contributed by atoms with E-state index in [9.17, 15) is 0 Å². The third-order valence-corrected chi connectivity index (χ3v) is 2.52. The lowest BCUT2D eigenvalue weighted by atomic mass is 9.91. The first-order valence-electron chi connectivity index (χ1n) is 4.82. The van der Waals surface area contributed by atoms with Gasteiger partial charge in [0, 0.05) is 19.1 Å². The molecule has 0 radical (unpaired) electrons. The molecule has 0 unspecified atom stereocenters. The van der Waals surface area contributed by atoms with E-state index in [0.717, 1.165) is 19.1 Å². The number of nitrogens with zero attached hydrogens (tertiary/aromatic N) is 1. The highest BCUT2D eigenvalue weighted by molar-refractivity contribution is 4.79. The lowest BCUT2D eigenvalue weighted by molar-refractivity contribution is 0.131. The van der Waals surface area contributed by atoms with Gasteiger partial charge in [0.15, 0.2) is 0 Å². The first-order valence-corrected chi connectivity index (χ1v) is 4.82. The molecule has 2 nitrogen and oxygen atoms in total. The monoisotopic (exact) mass is 156 g/mol. The van der Waals surface area contributed by atoms with Crippen LogP contribution in [0.5, 0.6) is 0 Å². The van der Waals surface area contributed by atoms with Gasteiger partial charge in [-0.15, -0.1) is 0 Å². The summed E-state index contributed by atoms with van der Waals surface area (Å²) in [4.78, 5) is 2.55. The van der Waals surface area contributed by atoms with Gasteiger partial charge in [-0.2, -0.15) is 0 Å². The first kappa shape index (κ1) is 9.01. The van der Waals surface area contributed by atoms with Crippen LogP contribution >= 0.6 is 0 Å². The standard InChI is InChI=1S/C9H20N2/c1-2-7-11(8-6-10)9-4-3-5-9/h9H,2-8,10H2,1H3. The van der Waals surface area contributed by atoms with Gasteiger partial charge >= 0.3 is 0 Å². The molecule has 0 aromatic rings. The second kappa shape index (κ2) is 4.73. The van der Waals surface area contributed by atoms with E-state index < -0.39 is 0 Å². The Kier molecular flexibility index (Phi) is 3.87. The van der Waals surface area contributed by atoms with Crippen molar-refractivity contribution in [3.05, 3.63) is 0 Å². The van der Waals surface area contributed by atoms with E-state index in [1.807, 2.05) is 0 Å². The maximum absolute atomic E-state index is 5.53. The summed E-state index contributed by atoms with van der Waals surface area (Å²) in [6.45, 7) is 5.39. The summed E-state index contributed by atoms with van der Waals surface area (Å²) < 4.78 is 0. The summed E-state index contributed by atoms with van der Waals surface area (Å²) in [6.07, 6.45) is 5.49. The minimum Gasteiger partial charge on any atom is -0.329 e. The molecule has 66 valence electrons. The molecule has 1 saturated carbocycles. The lowest BCUT2D eigenvalue weighted by Gasteiger charge is -2.37. The van der Waals surface area contributed by atoms with Gasteiger partial charge in [-0.25, -0.2) is 0 Å². The van der Waals surface area contributed by atoms with Gasteiger partial charge in [0.25, 0.3) is 0 Å². The van der Waals surface area contributed by atoms with Crippen LogP contribution in [0, 0.1) is 0 Å². The third kappa shape index (κ3) is 2.46. The number of nitrogens with two attached hydrogens (primary N) is 1. The van der Waals surface area contributed by atoms with Gasteiger partial charge in [0.1, 0.15) is 0 Å². The van der Waals surface area contributed by atoms with Crippen molar-refractivity contribution in [2.24, 2.45) is 5.73 Å². The van der Waals surface area contributed by atoms with Gasteiger partial charge in [-0.3, -0.25) is 4.90 Å². The Balaban J connectivity index is 2.19. The molecule has 0 aromatic carbocycles. The molecule has 0 amide bonds. The average Bonchev–Trinajstić information content (AvgIpc) is 1.85. The molecule has 2 heteroatoms. The van der Waals surface area contributed by atoms with Crippen molar-refractivity contribution in [2.45, 2.75) is 38.6 Å². The average molecular weight is 156 g/mol. The number of hydrogen-bond acceptors (Lipinski definition) is 2. The molecule has 0 aliphatic heterocycles. The SMILES string of the molecule is CCCN(CCN)C1CCC1. The summed E-state index contributed by atoms with van der Waals surface area (Å²) >= 11 is 0. The number of rotatable bonds is 5. The highest BCUT2D eigenvalue weighted by atomic mass is 15.2. The summed E-state index contributed by atoms with van der Waals surface area (Å²) in [6, 6.07) is 0.874. The maximum atomic E-state index is 5.53. The van der Waals surface area contributed by atoms with Gasteiger partial charge < -0.3 is 5.73 Å². The molecule has 0 aromatic heterocycles. The van der Waals surface area contributed by atoms with Crippen molar-refractivity contribution in [1.82, 2.24) is 4.90 Å². The Morgan fingerprint density at radius 3 is 2.45 bits per heavy atom. The van der Waals surface area contributed by atoms with E-state index >= 15 is 0 Å². The molecular weight excluding hydrogens is 136 g/mol. The zero-order valence-electron chi connectivity index (χ0n) is 7.55. The number of hydrogen-bond donors (Lipinski definition) is 1. The van der Waals surface area contributed by atoms with Crippen molar-refractivity contribution in [2.75, 3.05) is 19.6 Å². The molecule has 1 fully saturated rings. The predicted molar refractivity (Wildman–Crippen MR) is 48.6 cm³/mol. The second-order valence-electron chi connectivity index (χ2n) is 3.41. The summed E-state index contributed by atoms with van der Waals surface area (Å²) in [5.74, 6) is 0. The molecule has 0 spiro atoms. The van der Waals surface area contributed by atoms with Crippen LogP contribution in [0.2, 0.25) is 0 Å². The maximum Gasteiger partial charge on any atom is 0.0108 e. The van der Waals surface area contributed by atoms with Crippen LogP contribution in [0.15, 0.2) is 0 Å². The minimum absolute atomic E-state index is 0.816. The van der Waals surface area contributed by atoms with E-state index in [-0.39, 0.29) is 0 Å². The Hall–Kier alpha value is -0.0800. The predicted octanol–water partition coefficient (Wildman–Crippen LogP) is 1.21. The van der Waals surface area contributed by atoms with Gasteiger partial charge in [-0.1, -0.05) is 13.3 Å². The summed E-state index contributed by atoms with van der Waals surface area (Å²) in [5.41, 5.74) is 5.53. The van der Waals surface area contributed by atoms with Crippen LogP contribution < -0.4 is 5.73 Å². The second-order valence-corrected chi connectivity index (χ2v) is 3.41. The fourth-order valence-electron chi connectivity index (χ4n) is 1.68. The minimum atomic E-state index is 0.816. The van der Waals surface area contributed by atoms with Gasteiger partial charge in [0.2, 0.25) is 0 Å². The molecule has 1 aliphatic rings. The molecule has 1 rings (SSSR count). The zero-order chi connectivity index (χ0) is 8.10. The summed E-state index contributed by atoms with van der Waals surface area (Å²) in [5, 5.41) is 0. The van der Waals surface area contributed by atoms with E-state index in [1.165, 1.54) is 32.2 Å². The van der Waals surface area contributed by atoms with Crippen LogP contribution in [0.4, 0.5) is 0 Å². The normalized spacial score (nSPS) is 18.8. The quantitative estimate of drug-likeness (QED) is 0.648. The molecular formula is C9H20N2. The highest BCUT2D eigenvalue weighted by Gasteiger charge is 2.23. The van der Waals surface area contributed by atoms with Gasteiger partial charge in [0.05, 0.1) is 0 Å². The van der Waals surface area contributed by atoms with E-state index in [1.54, 1.807) is 0 Å². The van der Waals surface area contributed by atoms with Gasteiger partial charge in [-0.05, 0) is 25.8 Å². The largest absolute Gasteiger partial charge is 0.329 e. The zero-order valence-corrected chi connectivity index (χ0v) is 7.55. The van der Waals surface area contributed by atoms with E-state index in [2.05, 4.69) is 11.8 Å². The van der Waals surface area contributed by atoms with Crippen LogP contribution in [0.3, 0.4) is 0 Å². The van der Waals surface area contributed by atoms with E-state index in [4.69, 9.17) is 5.73 Å². The molecule has 0 saturated heterocycles. The molecule has 11 heavy (non-hydrogen) atoms. The van der Waals surface area contributed by atoms with Crippen LogP contribution in [-0.4, -0.2) is 30.6 Å². The van der Waals surface area contributed by atoms with Crippen molar-refractivity contribution in [3.8, 4) is 0 Å². The molecule has 1 aliphatic carbocycles. The highest BCUT2D eigenvalue weighted by Crippen LogP contribution is 2.24. The van der Waals surface area contributed by atoms with E-state index in [0.29, 0.717) is 0 Å². The van der Waals surface area contributed by atoms with Crippen LogP contribution in [-0.2, 0) is 0 Å². The topological polar surface area (TPSA) is 29.3 Å². The van der Waals surface area contributed by atoms with Crippen molar-refractivity contribution in [1.29, 1.82) is 0 Å². The Morgan fingerprint density at radius 2 is 2.09 bits per heavy atom. The smallest absolute Gasteiger partial charge is 0.0108 e. The summed E-state index contributed by atoms with van der Waals surface area (Å²) in [7, 11) is 0. The lowest BCUT2D eigenvalue weighted by Crippen LogP contribution is -2.43. The van der Waals surface area contributed by atoms with Crippen molar-refractivity contribution in [3.63, 3.8) is 0 Å². The van der Waals surface area contributed by atoms with Crippen LogP contribution in [0.1, 0.15) is 32.6 Å². The van der Waals surface area contributed by atoms with Crippen molar-refractivity contribution >= 4 is 0 Å². The fourth-order valence-corrected chi connectivity index (χ4v) is 1.68. The fraction of sp³-hybridized carbons (Fsp3) is 1.00. The Morgan fingerprint density at radius 1 is 1.36 bits per heavy atom.